The molecule has 0 aromatic rings. The Hall–Kier alpha value is -1.53. The van der Waals surface area contributed by atoms with Gasteiger partial charge in [0.2, 0.25) is 5.91 Å². The molecule has 1 saturated carbocycles. The number of halogens is 3. The van der Waals surface area contributed by atoms with Gasteiger partial charge in [-0.25, -0.2) is 0 Å². The van der Waals surface area contributed by atoms with Gasteiger partial charge in [0.1, 0.15) is 0 Å². The minimum absolute atomic E-state index is 0.120. The monoisotopic (exact) mass is 264 g/mol. The highest BCUT2D eigenvalue weighted by atomic mass is 19.4. The second-order valence-corrected chi connectivity index (χ2v) is 4.09. The largest absolute Gasteiger partial charge is 0.471 e. The first-order valence-electron chi connectivity index (χ1n) is 5.70. The van der Waals surface area contributed by atoms with Crippen LogP contribution in [0, 0.1) is 5.92 Å². The number of carbonyl (C=O) groups is 2. The Bertz CT molecular complexity index is 336. The van der Waals surface area contributed by atoms with Crippen molar-refractivity contribution in [2.75, 3.05) is 13.1 Å². The zero-order valence-electron chi connectivity index (χ0n) is 9.72. The van der Waals surface area contributed by atoms with E-state index in [2.05, 4.69) is 5.32 Å². The summed E-state index contributed by atoms with van der Waals surface area (Å²) in [5.41, 5.74) is 0. The molecule has 0 unspecified atom stereocenters. The molecule has 0 bridgehead atoms. The number of hydrogen-bond donors (Lipinski definition) is 2. The summed E-state index contributed by atoms with van der Waals surface area (Å²) in [5.74, 6) is -1.71. The number of hydrogen-bond acceptors (Lipinski definition) is 2. The van der Waals surface area contributed by atoms with E-state index in [0.717, 1.165) is 12.8 Å². The predicted molar refractivity (Wildman–Crippen MR) is 58.6 cm³/mol. The molecule has 2 amide bonds. The molecule has 18 heavy (non-hydrogen) atoms. The second-order valence-electron chi connectivity index (χ2n) is 4.09. The molecule has 0 aromatic heterocycles. The predicted octanol–water partition coefficient (Wildman–Crippen LogP) is 1.14. The van der Waals surface area contributed by atoms with Gasteiger partial charge in [-0.1, -0.05) is 6.08 Å². The summed E-state index contributed by atoms with van der Waals surface area (Å²) >= 11 is 0. The Morgan fingerprint density at radius 2 is 1.78 bits per heavy atom. The number of rotatable bonds is 6. The molecular formula is C11H15F3N2O2. The van der Waals surface area contributed by atoms with Crippen LogP contribution in [0.15, 0.2) is 12.2 Å². The first-order chi connectivity index (χ1) is 8.39. The highest BCUT2D eigenvalue weighted by Crippen LogP contribution is 2.29. The van der Waals surface area contributed by atoms with Crippen molar-refractivity contribution in [3.63, 3.8) is 0 Å². The van der Waals surface area contributed by atoms with Gasteiger partial charge in [-0.3, -0.25) is 9.59 Å². The smallest absolute Gasteiger partial charge is 0.352 e. The topological polar surface area (TPSA) is 58.2 Å². The Balaban J connectivity index is 2.01. The molecule has 0 saturated heterocycles. The third-order valence-corrected chi connectivity index (χ3v) is 2.34. The fourth-order valence-electron chi connectivity index (χ4n) is 1.17. The zero-order chi connectivity index (χ0) is 13.6. The van der Waals surface area contributed by atoms with Crippen LogP contribution in [0.5, 0.6) is 0 Å². The molecule has 0 radical (unpaired) electrons. The maximum atomic E-state index is 11.8. The number of nitrogens with one attached hydrogen (secondary N) is 2. The average molecular weight is 264 g/mol. The van der Waals surface area contributed by atoms with Crippen molar-refractivity contribution >= 4 is 11.8 Å². The van der Waals surface area contributed by atoms with E-state index in [0.29, 0.717) is 5.92 Å². The van der Waals surface area contributed by atoms with Crippen LogP contribution >= 0.6 is 0 Å². The van der Waals surface area contributed by atoms with Gasteiger partial charge >= 0.3 is 12.1 Å². The SMILES string of the molecule is O=C(/C=C/C1CC1)NCCCNC(=O)C(F)(F)F. The van der Waals surface area contributed by atoms with Crippen LogP contribution in [0.3, 0.4) is 0 Å². The van der Waals surface area contributed by atoms with E-state index in [1.165, 1.54) is 6.08 Å². The fourth-order valence-corrected chi connectivity index (χ4v) is 1.17. The Kier molecular flexibility index (Phi) is 5.18. The summed E-state index contributed by atoms with van der Waals surface area (Å²) in [6.45, 7) is 0.108. The molecule has 1 aliphatic carbocycles. The molecule has 0 heterocycles. The Labute approximate surface area is 103 Å². The molecular weight excluding hydrogens is 249 g/mol. The highest BCUT2D eigenvalue weighted by Gasteiger charge is 2.38. The van der Waals surface area contributed by atoms with Gasteiger partial charge in [-0.15, -0.1) is 0 Å². The summed E-state index contributed by atoms with van der Waals surface area (Å²) in [6.07, 6.45) is 0.869. The summed E-state index contributed by atoms with van der Waals surface area (Å²) in [4.78, 5) is 21.6. The van der Waals surface area contributed by atoms with Crippen molar-refractivity contribution in [1.82, 2.24) is 10.6 Å². The van der Waals surface area contributed by atoms with Crippen LogP contribution < -0.4 is 10.6 Å². The van der Waals surface area contributed by atoms with Crippen LogP contribution in [0.25, 0.3) is 0 Å². The lowest BCUT2D eigenvalue weighted by Gasteiger charge is -2.07. The van der Waals surface area contributed by atoms with Gasteiger partial charge in [0, 0.05) is 13.1 Å². The van der Waals surface area contributed by atoms with Crippen molar-refractivity contribution in [1.29, 1.82) is 0 Å². The Morgan fingerprint density at radius 1 is 1.17 bits per heavy atom. The van der Waals surface area contributed by atoms with Crippen LogP contribution in [-0.2, 0) is 9.59 Å². The minimum Gasteiger partial charge on any atom is -0.352 e. The van der Waals surface area contributed by atoms with Gasteiger partial charge in [0.05, 0.1) is 0 Å². The molecule has 0 aliphatic heterocycles. The number of allylic oxidation sites excluding steroid dienone is 1. The van der Waals surface area contributed by atoms with Crippen molar-refractivity contribution < 1.29 is 22.8 Å². The van der Waals surface area contributed by atoms with Crippen molar-refractivity contribution in [2.45, 2.75) is 25.4 Å². The number of amides is 2. The van der Waals surface area contributed by atoms with E-state index in [4.69, 9.17) is 0 Å². The van der Waals surface area contributed by atoms with Gasteiger partial charge < -0.3 is 10.6 Å². The molecule has 1 fully saturated rings. The summed E-state index contributed by atoms with van der Waals surface area (Å²) < 4.78 is 35.3. The van der Waals surface area contributed by atoms with E-state index >= 15 is 0 Å². The van der Waals surface area contributed by atoms with Crippen molar-refractivity contribution in [3.8, 4) is 0 Å². The molecule has 0 atom stereocenters. The molecule has 4 nitrogen and oxygen atoms in total. The molecule has 0 aromatic carbocycles. The van der Waals surface area contributed by atoms with Crippen LogP contribution in [-0.4, -0.2) is 31.1 Å². The maximum Gasteiger partial charge on any atom is 0.471 e. The third-order valence-electron chi connectivity index (χ3n) is 2.34. The van der Waals surface area contributed by atoms with E-state index < -0.39 is 12.1 Å². The molecule has 102 valence electrons. The zero-order valence-corrected chi connectivity index (χ0v) is 9.72. The van der Waals surface area contributed by atoms with Gasteiger partial charge in [0.25, 0.3) is 0 Å². The van der Waals surface area contributed by atoms with Gasteiger partial charge in [-0.05, 0) is 31.3 Å². The molecule has 7 heteroatoms. The highest BCUT2D eigenvalue weighted by molar-refractivity contribution is 5.87. The van der Waals surface area contributed by atoms with Gasteiger partial charge in [-0.2, -0.15) is 13.2 Å². The lowest BCUT2D eigenvalue weighted by molar-refractivity contribution is -0.173. The first-order valence-corrected chi connectivity index (χ1v) is 5.70. The third kappa shape index (κ3) is 6.27. The van der Waals surface area contributed by atoms with Crippen LogP contribution in [0.4, 0.5) is 13.2 Å². The normalized spacial score (nSPS) is 15.7. The van der Waals surface area contributed by atoms with E-state index in [1.54, 1.807) is 5.32 Å². The maximum absolute atomic E-state index is 11.8. The number of carbonyl (C=O) groups excluding carboxylic acids is 2. The Morgan fingerprint density at radius 3 is 2.33 bits per heavy atom. The second kappa shape index (κ2) is 6.42. The van der Waals surface area contributed by atoms with Crippen molar-refractivity contribution in [2.24, 2.45) is 5.92 Å². The van der Waals surface area contributed by atoms with E-state index in [9.17, 15) is 22.8 Å². The average Bonchev–Trinajstić information content (AvgIpc) is 3.08. The standard InChI is InChI=1S/C11H15F3N2O2/c12-11(13,14)10(18)16-7-1-6-15-9(17)5-4-8-2-3-8/h4-5,8H,1-3,6-7H2,(H,15,17)(H,16,18)/b5-4+. The van der Waals surface area contributed by atoms with Crippen LogP contribution in [0.1, 0.15) is 19.3 Å². The number of alkyl halides is 3. The lowest BCUT2D eigenvalue weighted by atomic mass is 10.3. The molecule has 2 N–H and O–H groups in total. The quantitative estimate of drug-likeness (QED) is 0.558. The minimum atomic E-state index is -4.85. The summed E-state index contributed by atoms with van der Waals surface area (Å²) in [5, 5.41) is 4.24. The summed E-state index contributed by atoms with van der Waals surface area (Å²) in [7, 11) is 0. The first kappa shape index (κ1) is 14.5. The van der Waals surface area contributed by atoms with Gasteiger partial charge in [0.15, 0.2) is 0 Å². The molecule has 1 rings (SSSR count). The molecule has 0 spiro atoms. The lowest BCUT2D eigenvalue weighted by Crippen LogP contribution is -2.38. The van der Waals surface area contributed by atoms with E-state index in [1.807, 2.05) is 6.08 Å². The van der Waals surface area contributed by atoms with Crippen LogP contribution in [0.2, 0.25) is 0 Å². The fraction of sp³-hybridized carbons (Fsp3) is 0.636. The summed E-state index contributed by atoms with van der Waals surface area (Å²) in [6, 6.07) is 0. The van der Waals surface area contributed by atoms with E-state index in [-0.39, 0.29) is 25.4 Å². The van der Waals surface area contributed by atoms with Crippen molar-refractivity contribution in [3.05, 3.63) is 12.2 Å². The molecule has 1 aliphatic rings.